The Bertz CT molecular complexity index is 384. The lowest BCUT2D eigenvalue weighted by Gasteiger charge is -2.35. The first-order chi connectivity index (χ1) is 6.89. The van der Waals surface area contributed by atoms with E-state index in [-0.39, 0.29) is 25.0 Å². The van der Waals surface area contributed by atoms with Crippen LogP contribution < -0.4 is 0 Å². The van der Waals surface area contributed by atoms with E-state index in [0.29, 0.717) is 13.0 Å². The predicted molar refractivity (Wildman–Crippen MR) is 52.9 cm³/mol. The molecule has 2 aliphatic rings. The summed E-state index contributed by atoms with van der Waals surface area (Å²) < 4.78 is 31.6. The highest BCUT2D eigenvalue weighted by molar-refractivity contribution is 7.83. The number of rotatable bonds is 1. The molecule has 15 heavy (non-hydrogen) atoms. The van der Waals surface area contributed by atoms with E-state index in [2.05, 4.69) is 0 Å². The third-order valence-corrected chi connectivity index (χ3v) is 4.15. The van der Waals surface area contributed by atoms with Gasteiger partial charge in [-0.1, -0.05) is 0 Å². The minimum absolute atomic E-state index is 0.130. The summed E-state index contributed by atoms with van der Waals surface area (Å²) in [6.45, 7) is 0.561. The third kappa shape index (κ3) is 1.96. The van der Waals surface area contributed by atoms with Crippen molar-refractivity contribution < 1.29 is 17.8 Å². The minimum Gasteiger partial charge on any atom is -0.336 e. The molecule has 8 heteroatoms. The summed E-state index contributed by atoms with van der Waals surface area (Å²) in [6.07, 6.45) is 0.437. The summed E-state index contributed by atoms with van der Waals surface area (Å²) >= 11 is 5.78. The zero-order valence-corrected chi connectivity index (χ0v) is 9.41. The first kappa shape index (κ1) is 11.1. The molecule has 0 aliphatic carbocycles. The van der Waals surface area contributed by atoms with Crippen molar-refractivity contribution in [1.82, 2.24) is 9.21 Å². The molecule has 0 spiro atoms. The zero-order chi connectivity index (χ0) is 11.2. The van der Waals surface area contributed by atoms with Crippen LogP contribution >= 0.6 is 11.6 Å². The molecule has 0 aromatic rings. The quantitative estimate of drug-likeness (QED) is 0.497. The lowest BCUT2D eigenvalue weighted by atomic mass is 10.2. The van der Waals surface area contributed by atoms with Gasteiger partial charge in [0.25, 0.3) is 0 Å². The highest BCUT2D eigenvalue weighted by Crippen LogP contribution is 2.27. The number of nitrogens with zero attached hydrogens (tertiary/aromatic N) is 2. The highest BCUT2D eigenvalue weighted by Gasteiger charge is 2.43. The number of hydrogen-bond donors (Lipinski definition) is 1. The minimum atomic E-state index is -4.15. The number of amides is 1. The summed E-state index contributed by atoms with van der Waals surface area (Å²) in [6, 6.07) is -0.198. The fourth-order valence-electron chi connectivity index (χ4n) is 2.05. The molecule has 0 aromatic heterocycles. The second kappa shape index (κ2) is 3.58. The van der Waals surface area contributed by atoms with Crippen LogP contribution in [0.15, 0.2) is 0 Å². The molecule has 2 saturated heterocycles. The van der Waals surface area contributed by atoms with Crippen LogP contribution in [0.25, 0.3) is 0 Å². The van der Waals surface area contributed by atoms with Crippen LogP contribution in [0.1, 0.15) is 6.42 Å². The fraction of sp³-hybridized carbons (Fsp3) is 0.857. The van der Waals surface area contributed by atoms with E-state index in [9.17, 15) is 13.2 Å². The van der Waals surface area contributed by atoms with E-state index in [1.165, 1.54) is 0 Å². The molecule has 2 aliphatic heterocycles. The van der Waals surface area contributed by atoms with E-state index in [1.54, 1.807) is 4.90 Å². The van der Waals surface area contributed by atoms with Crippen molar-refractivity contribution in [2.24, 2.45) is 0 Å². The molecule has 0 radical (unpaired) electrons. The van der Waals surface area contributed by atoms with Crippen LogP contribution in [0, 0.1) is 0 Å². The van der Waals surface area contributed by atoms with Crippen LogP contribution in [0.5, 0.6) is 0 Å². The number of hydrogen-bond acceptors (Lipinski definition) is 3. The van der Waals surface area contributed by atoms with E-state index < -0.39 is 15.7 Å². The largest absolute Gasteiger partial charge is 0.336 e. The standard InChI is InChI=1S/C7H11ClN2O4S/c8-6-3-5-4-9(15(12,13)14)1-2-10(5)7(6)11/h5-6H,1-4H2,(H,12,13,14). The molecule has 2 atom stereocenters. The van der Waals surface area contributed by atoms with Gasteiger partial charge in [0.1, 0.15) is 5.38 Å². The maximum Gasteiger partial charge on any atom is 0.336 e. The third-order valence-electron chi connectivity index (χ3n) is 2.80. The lowest BCUT2D eigenvalue weighted by molar-refractivity contribution is -0.129. The Kier molecular flexibility index (Phi) is 2.66. The molecule has 0 bridgehead atoms. The average Bonchev–Trinajstić information content (AvgIpc) is 2.41. The summed E-state index contributed by atoms with van der Waals surface area (Å²) in [7, 11) is -4.15. The van der Waals surface area contributed by atoms with Gasteiger partial charge in [0.15, 0.2) is 0 Å². The van der Waals surface area contributed by atoms with Crippen LogP contribution in [-0.4, -0.2) is 59.1 Å². The number of fused-ring (bicyclic) bond motifs is 1. The van der Waals surface area contributed by atoms with Gasteiger partial charge in [-0.2, -0.15) is 12.7 Å². The molecule has 2 unspecified atom stereocenters. The van der Waals surface area contributed by atoms with Gasteiger partial charge in [-0.15, -0.1) is 11.6 Å². The van der Waals surface area contributed by atoms with Crippen molar-refractivity contribution in [2.45, 2.75) is 17.8 Å². The van der Waals surface area contributed by atoms with E-state index in [1.807, 2.05) is 0 Å². The van der Waals surface area contributed by atoms with Gasteiger partial charge >= 0.3 is 10.3 Å². The number of piperazine rings is 1. The highest BCUT2D eigenvalue weighted by atomic mass is 35.5. The van der Waals surface area contributed by atoms with E-state index in [4.69, 9.17) is 16.2 Å². The van der Waals surface area contributed by atoms with Gasteiger partial charge in [-0.05, 0) is 6.42 Å². The van der Waals surface area contributed by atoms with Crippen LogP contribution in [0.4, 0.5) is 0 Å². The molecule has 86 valence electrons. The Morgan fingerprint density at radius 2 is 2.07 bits per heavy atom. The van der Waals surface area contributed by atoms with Gasteiger partial charge in [0, 0.05) is 25.7 Å². The van der Waals surface area contributed by atoms with Crippen molar-refractivity contribution in [1.29, 1.82) is 0 Å². The summed E-state index contributed by atoms with van der Waals surface area (Å²) in [5, 5.41) is -0.559. The molecule has 2 heterocycles. The fourth-order valence-corrected chi connectivity index (χ4v) is 3.05. The average molecular weight is 255 g/mol. The van der Waals surface area contributed by atoms with Crippen molar-refractivity contribution >= 4 is 27.8 Å². The molecule has 2 rings (SSSR count). The Morgan fingerprint density at radius 3 is 2.67 bits per heavy atom. The van der Waals surface area contributed by atoms with Crippen LogP contribution in [0.3, 0.4) is 0 Å². The van der Waals surface area contributed by atoms with Gasteiger partial charge in [-0.3, -0.25) is 9.35 Å². The number of carbonyl (C=O) groups is 1. The molecule has 0 saturated carbocycles. The van der Waals surface area contributed by atoms with E-state index in [0.717, 1.165) is 4.31 Å². The van der Waals surface area contributed by atoms with Crippen molar-refractivity contribution in [3.63, 3.8) is 0 Å². The number of halogens is 1. The molecule has 1 amide bonds. The summed E-state index contributed by atoms with van der Waals surface area (Å²) in [4.78, 5) is 13.0. The van der Waals surface area contributed by atoms with E-state index >= 15 is 0 Å². The lowest BCUT2D eigenvalue weighted by Crippen LogP contribution is -2.53. The first-order valence-electron chi connectivity index (χ1n) is 4.56. The maximum atomic E-state index is 11.5. The molecule has 1 N–H and O–H groups in total. The van der Waals surface area contributed by atoms with Crippen LogP contribution in [-0.2, 0) is 15.1 Å². The Labute approximate surface area is 92.7 Å². The second-order valence-corrected chi connectivity index (χ2v) is 5.66. The number of alkyl halides is 1. The molecular formula is C7H11ClN2O4S. The normalized spacial score (nSPS) is 33.2. The molecule has 6 nitrogen and oxygen atoms in total. The maximum absolute atomic E-state index is 11.5. The van der Waals surface area contributed by atoms with Gasteiger partial charge < -0.3 is 4.90 Å². The Balaban J connectivity index is 2.12. The SMILES string of the molecule is O=C1C(Cl)CC2CN(S(=O)(=O)O)CCN12. The Hall–Kier alpha value is -0.370. The molecular weight excluding hydrogens is 244 g/mol. The smallest absolute Gasteiger partial charge is 0.336 e. The topological polar surface area (TPSA) is 77.9 Å². The molecule has 0 aromatic carbocycles. The summed E-state index contributed by atoms with van der Waals surface area (Å²) in [5.74, 6) is -0.142. The Morgan fingerprint density at radius 1 is 1.40 bits per heavy atom. The molecule has 2 fully saturated rings. The predicted octanol–water partition coefficient (Wildman–Crippen LogP) is -0.687. The van der Waals surface area contributed by atoms with Gasteiger partial charge in [-0.25, -0.2) is 0 Å². The number of carbonyl (C=O) groups excluding carboxylic acids is 1. The first-order valence-corrected chi connectivity index (χ1v) is 6.40. The van der Waals surface area contributed by atoms with Gasteiger partial charge in [0.05, 0.1) is 0 Å². The van der Waals surface area contributed by atoms with Crippen molar-refractivity contribution in [3.8, 4) is 0 Å². The monoisotopic (exact) mass is 254 g/mol. The summed E-state index contributed by atoms with van der Waals surface area (Å²) in [5.41, 5.74) is 0. The van der Waals surface area contributed by atoms with Crippen LogP contribution in [0.2, 0.25) is 0 Å². The second-order valence-electron chi connectivity index (χ2n) is 3.72. The van der Waals surface area contributed by atoms with Crippen molar-refractivity contribution in [2.75, 3.05) is 19.6 Å². The van der Waals surface area contributed by atoms with Gasteiger partial charge in [0.2, 0.25) is 5.91 Å². The zero-order valence-electron chi connectivity index (χ0n) is 7.84. The van der Waals surface area contributed by atoms with Crippen molar-refractivity contribution in [3.05, 3.63) is 0 Å².